The highest BCUT2D eigenvalue weighted by molar-refractivity contribution is 8.01. The third-order valence-corrected chi connectivity index (χ3v) is 4.25. The zero-order chi connectivity index (χ0) is 15.9. The summed E-state index contributed by atoms with van der Waals surface area (Å²) in [6.07, 6.45) is 0. The number of carbonyl (C=O) groups excluding carboxylic acids is 1. The molecule has 3 N–H and O–H groups in total. The summed E-state index contributed by atoms with van der Waals surface area (Å²) in [6.45, 7) is 0. The van der Waals surface area contributed by atoms with Gasteiger partial charge in [0.1, 0.15) is 5.75 Å². The number of urea groups is 1. The minimum absolute atomic E-state index is 0.104. The summed E-state index contributed by atoms with van der Waals surface area (Å²) in [5, 5.41) is 21.6. The number of carboxylic acids is 1. The average molecular weight is 340 g/mol. The Hall–Kier alpha value is -2.33. The first kappa shape index (κ1) is 16.0. The number of aromatic nitrogens is 2. The molecule has 0 saturated carbocycles. The molecule has 1 aromatic carbocycles. The van der Waals surface area contributed by atoms with E-state index in [4.69, 9.17) is 9.84 Å². The Balaban J connectivity index is 1.87. The lowest BCUT2D eigenvalue weighted by atomic mass is 10.3. The molecular weight excluding hydrogens is 328 g/mol. The van der Waals surface area contributed by atoms with Gasteiger partial charge in [0.2, 0.25) is 5.13 Å². The van der Waals surface area contributed by atoms with E-state index in [0.717, 1.165) is 23.1 Å². The molecule has 0 aliphatic carbocycles. The predicted octanol–water partition coefficient (Wildman–Crippen LogP) is 2.37. The van der Waals surface area contributed by atoms with Crippen LogP contribution in [0.3, 0.4) is 0 Å². The second kappa shape index (κ2) is 7.61. The number of nitrogens with one attached hydrogen (secondary N) is 2. The van der Waals surface area contributed by atoms with E-state index in [0.29, 0.717) is 20.9 Å². The van der Waals surface area contributed by atoms with Crippen LogP contribution in [0.5, 0.6) is 5.75 Å². The molecule has 116 valence electrons. The second-order valence-corrected chi connectivity index (χ2v) is 6.06. The molecule has 0 aliphatic heterocycles. The van der Waals surface area contributed by atoms with Crippen LogP contribution in [-0.2, 0) is 4.79 Å². The third-order valence-electron chi connectivity index (χ3n) is 2.29. The maximum absolute atomic E-state index is 11.8. The van der Waals surface area contributed by atoms with E-state index < -0.39 is 12.0 Å². The van der Waals surface area contributed by atoms with Crippen molar-refractivity contribution in [2.24, 2.45) is 0 Å². The van der Waals surface area contributed by atoms with E-state index in [-0.39, 0.29) is 5.75 Å². The number of benzene rings is 1. The van der Waals surface area contributed by atoms with E-state index in [1.165, 1.54) is 0 Å². The van der Waals surface area contributed by atoms with Crippen molar-refractivity contribution in [3.63, 3.8) is 0 Å². The van der Waals surface area contributed by atoms with Crippen LogP contribution in [0.4, 0.5) is 15.6 Å². The zero-order valence-corrected chi connectivity index (χ0v) is 13.0. The number of amides is 2. The van der Waals surface area contributed by atoms with Crippen LogP contribution in [0.2, 0.25) is 0 Å². The Morgan fingerprint density at radius 3 is 2.64 bits per heavy atom. The fourth-order valence-corrected chi connectivity index (χ4v) is 2.84. The summed E-state index contributed by atoms with van der Waals surface area (Å²) in [4.78, 5) is 22.2. The molecule has 10 heteroatoms. The lowest BCUT2D eigenvalue weighted by Crippen LogP contribution is -2.19. The first-order chi connectivity index (χ1) is 10.6. The Labute approximate surface area is 133 Å². The highest BCUT2D eigenvalue weighted by Crippen LogP contribution is 2.25. The maximum atomic E-state index is 11.8. The van der Waals surface area contributed by atoms with Crippen LogP contribution in [0.1, 0.15) is 0 Å². The molecule has 0 bridgehead atoms. The van der Waals surface area contributed by atoms with Gasteiger partial charge < -0.3 is 15.2 Å². The van der Waals surface area contributed by atoms with Gasteiger partial charge in [-0.25, -0.2) is 4.79 Å². The van der Waals surface area contributed by atoms with Crippen LogP contribution >= 0.6 is 23.1 Å². The molecule has 2 rings (SSSR count). The number of hydrogen-bond donors (Lipinski definition) is 3. The summed E-state index contributed by atoms with van der Waals surface area (Å²) < 4.78 is 5.50. The molecule has 1 aromatic heterocycles. The fraction of sp³-hybridized carbons (Fsp3) is 0.167. The van der Waals surface area contributed by atoms with Crippen molar-refractivity contribution in [1.29, 1.82) is 0 Å². The highest BCUT2D eigenvalue weighted by atomic mass is 32.2. The number of thioether (sulfide) groups is 1. The van der Waals surface area contributed by atoms with Crippen molar-refractivity contribution < 1.29 is 19.4 Å². The Bertz CT molecular complexity index is 659. The molecule has 1 heterocycles. The number of nitrogens with zero attached hydrogens (tertiary/aromatic N) is 2. The Morgan fingerprint density at radius 2 is 2.00 bits per heavy atom. The second-order valence-electron chi connectivity index (χ2n) is 3.86. The molecule has 0 spiro atoms. The monoisotopic (exact) mass is 340 g/mol. The van der Waals surface area contributed by atoms with Gasteiger partial charge in [0, 0.05) is 5.69 Å². The first-order valence-electron chi connectivity index (χ1n) is 5.97. The minimum Gasteiger partial charge on any atom is -0.497 e. The average Bonchev–Trinajstić information content (AvgIpc) is 2.93. The largest absolute Gasteiger partial charge is 0.497 e. The van der Waals surface area contributed by atoms with Crippen molar-refractivity contribution in [3.05, 3.63) is 24.3 Å². The summed E-state index contributed by atoms with van der Waals surface area (Å²) in [6, 6.07) is 6.39. The molecule has 2 aromatic rings. The van der Waals surface area contributed by atoms with Crippen LogP contribution in [0.15, 0.2) is 28.6 Å². The third kappa shape index (κ3) is 4.90. The molecule has 2 amide bonds. The highest BCUT2D eigenvalue weighted by Gasteiger charge is 2.10. The molecule has 0 fully saturated rings. The van der Waals surface area contributed by atoms with E-state index >= 15 is 0 Å². The van der Waals surface area contributed by atoms with Crippen LogP contribution in [0, 0.1) is 0 Å². The summed E-state index contributed by atoms with van der Waals surface area (Å²) in [5.74, 6) is -0.353. The quantitative estimate of drug-likeness (QED) is 0.546. The summed E-state index contributed by atoms with van der Waals surface area (Å²) in [5.41, 5.74) is 0.600. The van der Waals surface area contributed by atoms with Gasteiger partial charge in [0.15, 0.2) is 4.34 Å². The topological polar surface area (TPSA) is 113 Å². The van der Waals surface area contributed by atoms with Gasteiger partial charge in [-0.1, -0.05) is 23.1 Å². The lowest BCUT2D eigenvalue weighted by Gasteiger charge is -2.05. The Morgan fingerprint density at radius 1 is 1.27 bits per heavy atom. The molecular formula is C12H12N4O4S2. The number of carbonyl (C=O) groups is 2. The summed E-state index contributed by atoms with van der Waals surface area (Å²) in [7, 11) is 1.56. The van der Waals surface area contributed by atoms with E-state index in [1.54, 1.807) is 31.4 Å². The Kier molecular flexibility index (Phi) is 5.55. The van der Waals surface area contributed by atoms with Gasteiger partial charge in [-0.3, -0.25) is 10.1 Å². The van der Waals surface area contributed by atoms with Gasteiger partial charge in [-0.2, -0.15) is 0 Å². The molecule has 0 atom stereocenters. The van der Waals surface area contributed by atoms with Crippen LogP contribution in [-0.4, -0.2) is 40.2 Å². The van der Waals surface area contributed by atoms with Crippen LogP contribution < -0.4 is 15.4 Å². The molecule has 8 nitrogen and oxygen atoms in total. The minimum atomic E-state index is -0.938. The predicted molar refractivity (Wildman–Crippen MR) is 83.9 cm³/mol. The smallest absolute Gasteiger partial charge is 0.325 e. The molecule has 0 unspecified atom stereocenters. The van der Waals surface area contributed by atoms with Gasteiger partial charge in [0.25, 0.3) is 0 Å². The van der Waals surface area contributed by atoms with E-state index in [9.17, 15) is 9.59 Å². The van der Waals surface area contributed by atoms with Gasteiger partial charge in [0.05, 0.1) is 12.9 Å². The van der Waals surface area contributed by atoms with Crippen molar-refractivity contribution >= 4 is 45.9 Å². The number of hydrogen-bond acceptors (Lipinski definition) is 7. The lowest BCUT2D eigenvalue weighted by molar-refractivity contribution is -0.133. The normalized spacial score (nSPS) is 10.0. The van der Waals surface area contributed by atoms with Crippen molar-refractivity contribution in [3.8, 4) is 5.75 Å². The fourth-order valence-electron chi connectivity index (χ4n) is 1.38. The maximum Gasteiger partial charge on any atom is 0.325 e. The SMILES string of the molecule is COc1ccc(NC(=O)Nc2nnc(SCC(=O)O)s2)cc1. The van der Waals surface area contributed by atoms with Crippen molar-refractivity contribution in [1.82, 2.24) is 10.2 Å². The van der Waals surface area contributed by atoms with Crippen molar-refractivity contribution in [2.75, 3.05) is 23.5 Å². The van der Waals surface area contributed by atoms with E-state index in [1.807, 2.05) is 0 Å². The number of carboxylic acid groups (broad SMARTS) is 1. The number of methoxy groups -OCH3 is 1. The number of aliphatic carboxylic acids is 1. The number of rotatable bonds is 6. The molecule has 22 heavy (non-hydrogen) atoms. The van der Waals surface area contributed by atoms with Crippen molar-refractivity contribution in [2.45, 2.75) is 4.34 Å². The van der Waals surface area contributed by atoms with Gasteiger partial charge in [-0.15, -0.1) is 10.2 Å². The molecule has 0 aliphatic rings. The summed E-state index contributed by atoms with van der Waals surface area (Å²) >= 11 is 2.15. The first-order valence-corrected chi connectivity index (χ1v) is 7.77. The van der Waals surface area contributed by atoms with Gasteiger partial charge in [-0.05, 0) is 24.3 Å². The molecule has 0 radical (unpaired) electrons. The standard InChI is InChI=1S/C12H12N4O4S2/c1-20-8-4-2-7(3-5-8)13-10(19)14-11-15-16-12(22-11)21-6-9(17)18/h2-5H,6H2,1H3,(H,17,18)(H2,13,14,15,19). The van der Waals surface area contributed by atoms with Gasteiger partial charge >= 0.3 is 12.0 Å². The van der Waals surface area contributed by atoms with E-state index in [2.05, 4.69) is 20.8 Å². The zero-order valence-electron chi connectivity index (χ0n) is 11.4. The van der Waals surface area contributed by atoms with Crippen LogP contribution in [0.25, 0.3) is 0 Å². The number of ether oxygens (including phenoxy) is 1. The molecule has 0 saturated heterocycles. The number of anilines is 2.